The Labute approximate surface area is 53.7 Å². The summed E-state index contributed by atoms with van der Waals surface area (Å²) in [5, 5.41) is 3.87. The highest BCUT2D eigenvalue weighted by Gasteiger charge is 1.98. The second-order valence-electron chi connectivity index (χ2n) is 1.87. The Hall–Kier alpha value is -1.06. The molecule has 1 heterocycles. The van der Waals surface area contributed by atoms with E-state index in [4.69, 9.17) is 5.84 Å². The summed E-state index contributed by atoms with van der Waals surface area (Å²) in [5.74, 6) is 6.95. The van der Waals surface area contributed by atoms with Crippen LogP contribution in [0.3, 0.4) is 0 Å². The van der Waals surface area contributed by atoms with Gasteiger partial charge in [-0.1, -0.05) is 6.92 Å². The first kappa shape index (κ1) is 6.07. The van der Waals surface area contributed by atoms with Crippen molar-refractivity contribution in [3.05, 3.63) is 11.6 Å². The number of nitrogens with two attached hydrogens (primary N) is 1. The highest BCUT2D eigenvalue weighted by atomic mass is 15.5. The highest BCUT2D eigenvalue weighted by molar-refractivity contribution is 4.89. The van der Waals surface area contributed by atoms with Gasteiger partial charge in [-0.15, -0.1) is 5.10 Å². The molecule has 0 unspecified atom stereocenters. The van der Waals surface area contributed by atoms with Gasteiger partial charge in [-0.05, 0) is 6.92 Å². The summed E-state index contributed by atoms with van der Waals surface area (Å²) in [5.41, 5.74) is 0. The van der Waals surface area contributed by atoms with Gasteiger partial charge < -0.3 is 5.84 Å². The zero-order valence-corrected chi connectivity index (χ0v) is 5.63. The average molecular weight is 126 g/mol. The molecule has 1 rings (SSSR count). The van der Waals surface area contributed by atoms with E-state index in [-0.39, 0.29) is 0 Å². The number of nitrogens with zero attached hydrogens (tertiary/aromatic N) is 3. The standard InChI is InChI=1S/C5H10N4/c1-3-5-7-4(2)8-9(5)6/h3,6H2,1-2H3. The number of hydrogen-bond acceptors (Lipinski definition) is 3. The van der Waals surface area contributed by atoms with Crippen molar-refractivity contribution in [3.8, 4) is 0 Å². The zero-order chi connectivity index (χ0) is 6.85. The van der Waals surface area contributed by atoms with Crippen LogP contribution in [0.4, 0.5) is 0 Å². The van der Waals surface area contributed by atoms with Crippen molar-refractivity contribution in [3.63, 3.8) is 0 Å². The van der Waals surface area contributed by atoms with Crippen LogP contribution in [0, 0.1) is 6.92 Å². The topological polar surface area (TPSA) is 56.7 Å². The third-order valence-corrected chi connectivity index (χ3v) is 1.12. The lowest BCUT2D eigenvalue weighted by Gasteiger charge is -1.90. The van der Waals surface area contributed by atoms with E-state index in [1.54, 1.807) is 0 Å². The zero-order valence-electron chi connectivity index (χ0n) is 5.63. The molecule has 0 aliphatic carbocycles. The molecule has 0 aliphatic heterocycles. The van der Waals surface area contributed by atoms with Crippen LogP contribution in [0.2, 0.25) is 0 Å². The van der Waals surface area contributed by atoms with E-state index in [0.29, 0.717) is 0 Å². The molecule has 0 saturated carbocycles. The average Bonchev–Trinajstić information content (AvgIpc) is 2.10. The summed E-state index contributed by atoms with van der Waals surface area (Å²) in [6.07, 6.45) is 0.831. The Morgan fingerprint density at radius 2 is 2.33 bits per heavy atom. The van der Waals surface area contributed by atoms with Gasteiger partial charge in [0, 0.05) is 6.42 Å². The van der Waals surface area contributed by atoms with Crippen molar-refractivity contribution < 1.29 is 0 Å². The van der Waals surface area contributed by atoms with Crippen molar-refractivity contribution in [2.45, 2.75) is 20.3 Å². The van der Waals surface area contributed by atoms with Crippen LogP contribution >= 0.6 is 0 Å². The largest absolute Gasteiger partial charge is 0.321 e. The Morgan fingerprint density at radius 1 is 1.67 bits per heavy atom. The predicted molar refractivity (Wildman–Crippen MR) is 34.3 cm³/mol. The maximum absolute atomic E-state index is 5.39. The van der Waals surface area contributed by atoms with E-state index < -0.39 is 0 Å². The molecule has 0 amide bonds. The second kappa shape index (κ2) is 2.05. The van der Waals surface area contributed by atoms with E-state index >= 15 is 0 Å². The van der Waals surface area contributed by atoms with E-state index in [2.05, 4.69) is 10.1 Å². The van der Waals surface area contributed by atoms with Crippen LogP contribution in [0.5, 0.6) is 0 Å². The summed E-state index contributed by atoms with van der Waals surface area (Å²) in [4.78, 5) is 5.37. The normalized spacial score (nSPS) is 10.0. The Morgan fingerprint density at radius 3 is 2.56 bits per heavy atom. The molecule has 0 bridgehead atoms. The minimum Gasteiger partial charge on any atom is -0.321 e. The molecule has 9 heavy (non-hydrogen) atoms. The third kappa shape index (κ3) is 1.01. The molecule has 0 radical (unpaired) electrons. The first-order valence-corrected chi connectivity index (χ1v) is 2.91. The minimum absolute atomic E-state index is 0.731. The molecule has 1 aromatic rings. The van der Waals surface area contributed by atoms with Crippen molar-refractivity contribution >= 4 is 0 Å². The van der Waals surface area contributed by atoms with Crippen molar-refractivity contribution in [1.29, 1.82) is 0 Å². The third-order valence-electron chi connectivity index (χ3n) is 1.12. The van der Waals surface area contributed by atoms with Gasteiger partial charge in [0.2, 0.25) is 0 Å². The number of hydrogen-bond donors (Lipinski definition) is 1. The molecule has 0 aromatic carbocycles. The van der Waals surface area contributed by atoms with E-state index in [1.165, 1.54) is 4.79 Å². The lowest BCUT2D eigenvalue weighted by atomic mass is 10.5. The fraction of sp³-hybridized carbons (Fsp3) is 0.600. The van der Waals surface area contributed by atoms with Crippen molar-refractivity contribution in [2.75, 3.05) is 5.84 Å². The molecular weight excluding hydrogens is 116 g/mol. The summed E-state index contributed by atoms with van der Waals surface area (Å²) in [6.45, 7) is 3.81. The van der Waals surface area contributed by atoms with Crippen LogP contribution in [0.15, 0.2) is 0 Å². The first-order chi connectivity index (χ1) is 4.24. The highest BCUT2D eigenvalue weighted by Crippen LogP contribution is 1.92. The second-order valence-corrected chi connectivity index (χ2v) is 1.87. The predicted octanol–water partition coefficient (Wildman–Crippen LogP) is -0.137. The lowest BCUT2D eigenvalue weighted by Crippen LogP contribution is -2.13. The van der Waals surface area contributed by atoms with Crippen molar-refractivity contribution in [1.82, 2.24) is 14.9 Å². The summed E-state index contributed by atoms with van der Waals surface area (Å²) in [7, 11) is 0. The first-order valence-electron chi connectivity index (χ1n) is 2.91. The van der Waals surface area contributed by atoms with Gasteiger partial charge in [0.25, 0.3) is 0 Å². The van der Waals surface area contributed by atoms with Crippen LogP contribution in [-0.4, -0.2) is 14.9 Å². The number of nitrogen functional groups attached to an aromatic ring is 1. The molecule has 4 heteroatoms. The minimum atomic E-state index is 0.731. The fourth-order valence-corrected chi connectivity index (χ4v) is 0.715. The van der Waals surface area contributed by atoms with E-state index in [0.717, 1.165) is 18.1 Å². The molecule has 1 aromatic heterocycles. The van der Waals surface area contributed by atoms with Gasteiger partial charge in [0.1, 0.15) is 11.6 Å². The number of aryl methyl sites for hydroxylation is 2. The quantitative estimate of drug-likeness (QED) is 0.533. The van der Waals surface area contributed by atoms with Gasteiger partial charge >= 0.3 is 0 Å². The summed E-state index contributed by atoms with van der Waals surface area (Å²) in [6, 6.07) is 0. The lowest BCUT2D eigenvalue weighted by molar-refractivity contribution is 0.757. The smallest absolute Gasteiger partial charge is 0.149 e. The van der Waals surface area contributed by atoms with Crippen LogP contribution < -0.4 is 5.84 Å². The van der Waals surface area contributed by atoms with Crippen molar-refractivity contribution in [2.24, 2.45) is 0 Å². The fourth-order valence-electron chi connectivity index (χ4n) is 0.715. The Kier molecular flexibility index (Phi) is 1.38. The molecule has 0 fully saturated rings. The molecule has 50 valence electrons. The molecule has 0 atom stereocenters. The maximum atomic E-state index is 5.39. The Balaban J connectivity index is 3.01. The molecule has 0 saturated heterocycles. The van der Waals surface area contributed by atoms with Gasteiger partial charge in [0.05, 0.1) is 0 Å². The SMILES string of the molecule is CCc1nc(C)nn1N. The molecular formula is C5H10N4. The molecule has 2 N–H and O–H groups in total. The molecule has 4 nitrogen and oxygen atoms in total. The van der Waals surface area contributed by atoms with Gasteiger partial charge in [0.15, 0.2) is 0 Å². The monoisotopic (exact) mass is 126 g/mol. The van der Waals surface area contributed by atoms with Crippen LogP contribution in [0.1, 0.15) is 18.6 Å². The molecule has 0 aliphatic rings. The maximum Gasteiger partial charge on any atom is 0.149 e. The Bertz CT molecular complexity index is 203. The number of rotatable bonds is 1. The van der Waals surface area contributed by atoms with Gasteiger partial charge in [-0.3, -0.25) is 0 Å². The van der Waals surface area contributed by atoms with Crippen LogP contribution in [0.25, 0.3) is 0 Å². The number of aromatic nitrogens is 3. The van der Waals surface area contributed by atoms with Gasteiger partial charge in [-0.25, -0.2) is 4.98 Å². The van der Waals surface area contributed by atoms with E-state index in [1.807, 2.05) is 13.8 Å². The summed E-state index contributed by atoms with van der Waals surface area (Å²) < 4.78 is 0. The van der Waals surface area contributed by atoms with E-state index in [9.17, 15) is 0 Å². The van der Waals surface area contributed by atoms with Gasteiger partial charge in [-0.2, -0.15) is 4.79 Å². The summed E-state index contributed by atoms with van der Waals surface area (Å²) >= 11 is 0. The van der Waals surface area contributed by atoms with Crippen LogP contribution in [-0.2, 0) is 6.42 Å². The molecule has 0 spiro atoms.